The highest BCUT2D eigenvalue weighted by Gasteiger charge is 2.28. The fourth-order valence-corrected chi connectivity index (χ4v) is 2.39. The number of non-ortho nitro benzene ring substituents is 1. The van der Waals surface area contributed by atoms with Gasteiger partial charge >= 0.3 is 5.97 Å². The molecule has 0 saturated heterocycles. The smallest absolute Gasteiger partial charge is 0.323 e. The lowest BCUT2D eigenvalue weighted by molar-refractivity contribution is -0.384. The standard InChI is InChI=1S/C16H23N7O6/c17-8-13(24)21-12(2-1-7-20-16(18)19)15(27)22(9-14(25)26)10-3-5-11(6-4-10)23(28)29/h3-6,12H,1-2,7-9,17H2,(H,21,24)(H,25,26)(H4,18,19,20)/t12-/m0/s1. The second kappa shape index (κ2) is 11.2. The third-order valence-corrected chi connectivity index (χ3v) is 3.70. The van der Waals surface area contributed by atoms with E-state index in [1.807, 2.05) is 0 Å². The number of hydrogen-bond donors (Lipinski definition) is 5. The Morgan fingerprint density at radius 1 is 1.24 bits per heavy atom. The Morgan fingerprint density at radius 3 is 2.34 bits per heavy atom. The first-order valence-corrected chi connectivity index (χ1v) is 8.48. The summed E-state index contributed by atoms with van der Waals surface area (Å²) in [5.41, 5.74) is 15.7. The zero-order valence-electron chi connectivity index (χ0n) is 15.5. The largest absolute Gasteiger partial charge is 0.480 e. The first-order valence-electron chi connectivity index (χ1n) is 8.48. The van der Waals surface area contributed by atoms with Gasteiger partial charge in [0.05, 0.1) is 11.5 Å². The maximum atomic E-state index is 13.0. The Hall–Kier alpha value is -3.74. The van der Waals surface area contributed by atoms with Crippen LogP contribution in [0.3, 0.4) is 0 Å². The van der Waals surface area contributed by atoms with Gasteiger partial charge in [0, 0.05) is 24.4 Å². The number of carbonyl (C=O) groups excluding carboxylic acids is 2. The molecular formula is C16H23N7O6. The van der Waals surface area contributed by atoms with E-state index in [4.69, 9.17) is 22.3 Å². The van der Waals surface area contributed by atoms with Gasteiger partial charge in [-0.05, 0) is 25.0 Å². The third kappa shape index (κ3) is 7.80. The van der Waals surface area contributed by atoms with E-state index in [9.17, 15) is 24.5 Å². The van der Waals surface area contributed by atoms with Gasteiger partial charge in [0.15, 0.2) is 5.96 Å². The number of amides is 2. The van der Waals surface area contributed by atoms with Gasteiger partial charge in [0.1, 0.15) is 12.6 Å². The summed E-state index contributed by atoms with van der Waals surface area (Å²) in [5.74, 6) is -2.75. The highest BCUT2D eigenvalue weighted by atomic mass is 16.6. The number of benzene rings is 1. The molecule has 1 aromatic carbocycles. The van der Waals surface area contributed by atoms with E-state index >= 15 is 0 Å². The molecule has 13 nitrogen and oxygen atoms in total. The molecule has 8 N–H and O–H groups in total. The number of nitrogens with zero attached hydrogens (tertiary/aromatic N) is 3. The number of rotatable bonds is 11. The number of nitro groups is 1. The van der Waals surface area contributed by atoms with Gasteiger partial charge in [-0.2, -0.15) is 0 Å². The minimum atomic E-state index is -1.30. The molecule has 158 valence electrons. The van der Waals surface area contributed by atoms with Crippen molar-refractivity contribution in [1.29, 1.82) is 0 Å². The van der Waals surface area contributed by atoms with Crippen molar-refractivity contribution >= 4 is 35.1 Å². The summed E-state index contributed by atoms with van der Waals surface area (Å²) in [6.45, 7) is -0.880. The number of nitrogens with two attached hydrogens (primary N) is 3. The van der Waals surface area contributed by atoms with Crippen LogP contribution in [0.5, 0.6) is 0 Å². The Morgan fingerprint density at radius 2 is 1.86 bits per heavy atom. The molecule has 0 heterocycles. The number of nitrogens with one attached hydrogen (secondary N) is 1. The van der Waals surface area contributed by atoms with Gasteiger partial charge in [0.25, 0.3) is 5.69 Å². The molecular weight excluding hydrogens is 386 g/mol. The molecule has 0 saturated carbocycles. The molecule has 0 aliphatic carbocycles. The molecule has 0 aliphatic rings. The summed E-state index contributed by atoms with van der Waals surface area (Å²) >= 11 is 0. The van der Waals surface area contributed by atoms with Crippen LogP contribution in [0.1, 0.15) is 12.8 Å². The molecule has 0 fully saturated rings. The van der Waals surface area contributed by atoms with E-state index in [0.717, 1.165) is 17.0 Å². The maximum Gasteiger partial charge on any atom is 0.323 e. The minimum Gasteiger partial charge on any atom is -0.480 e. The average molecular weight is 409 g/mol. The predicted molar refractivity (Wildman–Crippen MR) is 104 cm³/mol. The van der Waals surface area contributed by atoms with Crippen molar-refractivity contribution in [3.05, 3.63) is 34.4 Å². The Labute approximate surface area is 165 Å². The number of hydrogen-bond acceptors (Lipinski definition) is 7. The zero-order chi connectivity index (χ0) is 22.0. The highest BCUT2D eigenvalue weighted by molar-refractivity contribution is 6.02. The summed E-state index contributed by atoms with van der Waals surface area (Å²) in [4.78, 5) is 50.8. The van der Waals surface area contributed by atoms with Crippen LogP contribution in [-0.2, 0) is 14.4 Å². The van der Waals surface area contributed by atoms with Gasteiger partial charge in [-0.1, -0.05) is 0 Å². The van der Waals surface area contributed by atoms with Crippen LogP contribution in [0.15, 0.2) is 29.3 Å². The molecule has 0 spiro atoms. The van der Waals surface area contributed by atoms with Crippen LogP contribution in [0.2, 0.25) is 0 Å². The highest BCUT2D eigenvalue weighted by Crippen LogP contribution is 2.21. The van der Waals surface area contributed by atoms with Crippen LogP contribution in [0.25, 0.3) is 0 Å². The van der Waals surface area contributed by atoms with Gasteiger partial charge in [-0.15, -0.1) is 0 Å². The maximum absolute atomic E-state index is 13.0. The van der Waals surface area contributed by atoms with Crippen molar-refractivity contribution in [2.24, 2.45) is 22.2 Å². The van der Waals surface area contributed by atoms with Crippen LogP contribution in [0.4, 0.5) is 11.4 Å². The van der Waals surface area contributed by atoms with E-state index < -0.39 is 35.3 Å². The van der Waals surface area contributed by atoms with Crippen LogP contribution in [-0.4, -0.2) is 59.4 Å². The number of anilines is 1. The monoisotopic (exact) mass is 409 g/mol. The lowest BCUT2D eigenvalue weighted by atomic mass is 10.1. The predicted octanol–water partition coefficient (Wildman–Crippen LogP) is -1.49. The summed E-state index contributed by atoms with van der Waals surface area (Å²) < 4.78 is 0. The topological polar surface area (TPSA) is 220 Å². The molecule has 0 bridgehead atoms. The van der Waals surface area contributed by atoms with Gasteiger partial charge < -0.3 is 27.6 Å². The zero-order valence-corrected chi connectivity index (χ0v) is 15.5. The number of aliphatic imine (C=N–C) groups is 1. The molecule has 13 heteroatoms. The van der Waals surface area contributed by atoms with Crippen molar-refractivity contribution in [1.82, 2.24) is 5.32 Å². The van der Waals surface area contributed by atoms with Crippen molar-refractivity contribution in [3.63, 3.8) is 0 Å². The van der Waals surface area contributed by atoms with Gasteiger partial charge in [-0.3, -0.25) is 34.4 Å². The van der Waals surface area contributed by atoms with Crippen molar-refractivity contribution in [2.75, 3.05) is 24.5 Å². The Bertz CT molecular complexity index is 776. The SMILES string of the molecule is NCC(=O)N[C@@H](CCCN=C(N)N)C(=O)N(CC(=O)O)c1ccc([N+](=O)[O-])cc1. The number of carboxylic acid groups (broad SMARTS) is 1. The van der Waals surface area contributed by atoms with Crippen molar-refractivity contribution < 1.29 is 24.4 Å². The van der Waals surface area contributed by atoms with Crippen LogP contribution < -0.4 is 27.4 Å². The molecule has 0 radical (unpaired) electrons. The van der Waals surface area contributed by atoms with Gasteiger partial charge in [-0.25, -0.2) is 0 Å². The van der Waals surface area contributed by atoms with E-state index in [2.05, 4.69) is 10.3 Å². The Kier molecular flexibility index (Phi) is 8.98. The van der Waals surface area contributed by atoms with Crippen LogP contribution in [0, 0.1) is 10.1 Å². The minimum absolute atomic E-state index is 0.116. The second-order valence-electron chi connectivity index (χ2n) is 5.86. The number of guanidine groups is 1. The lowest BCUT2D eigenvalue weighted by Gasteiger charge is -2.26. The summed E-state index contributed by atoms with van der Waals surface area (Å²) in [5, 5.41) is 22.4. The number of carbonyl (C=O) groups is 3. The number of nitro benzene ring substituents is 1. The molecule has 29 heavy (non-hydrogen) atoms. The molecule has 1 rings (SSSR count). The van der Waals surface area contributed by atoms with Crippen molar-refractivity contribution in [2.45, 2.75) is 18.9 Å². The fraction of sp³-hybridized carbons (Fsp3) is 0.375. The van der Waals surface area contributed by atoms with E-state index in [-0.39, 0.29) is 36.8 Å². The quantitative estimate of drug-likeness (QED) is 0.0942. The molecule has 1 atom stereocenters. The third-order valence-electron chi connectivity index (χ3n) is 3.70. The normalized spacial score (nSPS) is 11.2. The van der Waals surface area contributed by atoms with Crippen LogP contribution >= 0.6 is 0 Å². The summed E-state index contributed by atoms with van der Waals surface area (Å²) in [6.07, 6.45) is 0.435. The molecule has 2 amide bonds. The number of aliphatic carboxylic acids is 1. The molecule has 0 aromatic heterocycles. The summed E-state index contributed by atoms with van der Waals surface area (Å²) in [6, 6.07) is 3.70. The van der Waals surface area contributed by atoms with E-state index in [0.29, 0.717) is 6.42 Å². The molecule has 0 aliphatic heterocycles. The second-order valence-corrected chi connectivity index (χ2v) is 5.86. The van der Waals surface area contributed by atoms with Gasteiger partial charge in [0.2, 0.25) is 11.8 Å². The lowest BCUT2D eigenvalue weighted by Crippen LogP contribution is -2.51. The van der Waals surface area contributed by atoms with Crippen molar-refractivity contribution in [3.8, 4) is 0 Å². The molecule has 0 unspecified atom stereocenters. The van der Waals surface area contributed by atoms with E-state index in [1.165, 1.54) is 12.1 Å². The number of carboxylic acids is 1. The average Bonchev–Trinajstić information content (AvgIpc) is 2.67. The molecule has 1 aromatic rings. The first kappa shape index (κ1) is 23.3. The fourth-order valence-electron chi connectivity index (χ4n) is 2.39. The first-order chi connectivity index (χ1) is 13.6. The summed E-state index contributed by atoms with van der Waals surface area (Å²) in [7, 11) is 0. The van der Waals surface area contributed by atoms with E-state index in [1.54, 1.807) is 0 Å². The Balaban J connectivity index is 3.10.